The van der Waals surface area contributed by atoms with Gasteiger partial charge in [0.1, 0.15) is 0 Å². The van der Waals surface area contributed by atoms with Crippen LogP contribution in [0.25, 0.3) is 0 Å². The molecule has 11 heteroatoms. The summed E-state index contributed by atoms with van der Waals surface area (Å²) in [5, 5.41) is 9.66. The fraction of sp³-hybridized carbons (Fsp3) is 0.444. The van der Waals surface area contributed by atoms with Crippen molar-refractivity contribution in [1.29, 1.82) is 0 Å². The summed E-state index contributed by atoms with van der Waals surface area (Å²) in [6, 6.07) is 0. The largest absolute Gasteiger partial charge is 0.387 e. The Hall–Kier alpha value is -2.85. The van der Waals surface area contributed by atoms with Crippen LogP contribution in [-0.4, -0.2) is 65.0 Å². The summed E-state index contributed by atoms with van der Waals surface area (Å²) < 4.78 is 0. The standard InChI is InChI=1S/C18H24ClN9O/c19-13-15(21)25-14(20)12(24-13)16(29)26-17-23-10-18(27-17)3-7-28(8-4-18)9-11-1-5-22-6-2-11/h1-2,5,22H,3-4,6-10H2,(H4,20,21,25)(H2,23,26,27,29). The molecule has 0 atom stereocenters. The highest BCUT2D eigenvalue weighted by atomic mass is 35.5. The molecule has 0 unspecified atom stereocenters. The Labute approximate surface area is 173 Å². The number of aromatic nitrogens is 2. The molecule has 7 N–H and O–H groups in total. The first kappa shape index (κ1) is 19.5. The van der Waals surface area contributed by atoms with Crippen molar-refractivity contribution < 1.29 is 4.79 Å². The summed E-state index contributed by atoms with van der Waals surface area (Å²) in [7, 11) is 0. The van der Waals surface area contributed by atoms with Gasteiger partial charge in [-0.1, -0.05) is 17.7 Å². The van der Waals surface area contributed by atoms with Crippen molar-refractivity contribution in [3.63, 3.8) is 0 Å². The number of carbonyl (C=O) groups is 1. The van der Waals surface area contributed by atoms with E-state index >= 15 is 0 Å². The summed E-state index contributed by atoms with van der Waals surface area (Å²) in [6.45, 7) is 4.50. The molecule has 29 heavy (non-hydrogen) atoms. The number of rotatable bonds is 3. The molecule has 1 aromatic heterocycles. The van der Waals surface area contributed by atoms with Gasteiger partial charge < -0.3 is 27.4 Å². The second-order valence-electron chi connectivity index (χ2n) is 7.45. The normalized spacial score (nSPS) is 22.1. The van der Waals surface area contributed by atoms with Crippen LogP contribution in [0, 0.1) is 0 Å². The zero-order chi connectivity index (χ0) is 20.4. The average molecular weight is 418 g/mol. The summed E-state index contributed by atoms with van der Waals surface area (Å²) in [5.41, 5.74) is 12.4. The third-order valence-electron chi connectivity index (χ3n) is 5.42. The number of hydrogen-bond acceptors (Lipinski definition) is 7. The summed E-state index contributed by atoms with van der Waals surface area (Å²) in [6.07, 6.45) is 8.25. The maximum absolute atomic E-state index is 12.5. The number of nitrogens with two attached hydrogens (primary N) is 2. The highest BCUT2D eigenvalue weighted by Gasteiger charge is 2.39. The van der Waals surface area contributed by atoms with Gasteiger partial charge in [-0.3, -0.25) is 9.69 Å². The number of carbonyl (C=O) groups excluding carboxylic acids is 1. The molecule has 10 nitrogen and oxygen atoms in total. The van der Waals surface area contributed by atoms with Crippen LogP contribution in [0.3, 0.4) is 0 Å². The first-order chi connectivity index (χ1) is 13.9. The van der Waals surface area contributed by atoms with Crippen molar-refractivity contribution in [2.75, 3.05) is 44.2 Å². The number of aliphatic imine (C=N–C) groups is 1. The van der Waals surface area contributed by atoms with Crippen molar-refractivity contribution in [3.05, 3.63) is 34.8 Å². The van der Waals surface area contributed by atoms with Gasteiger partial charge in [-0.25, -0.2) is 9.97 Å². The maximum atomic E-state index is 12.5. The number of piperidine rings is 1. The zero-order valence-corrected chi connectivity index (χ0v) is 16.7. The van der Waals surface area contributed by atoms with Gasteiger partial charge in [0.2, 0.25) is 0 Å². The van der Waals surface area contributed by atoms with Crippen molar-refractivity contribution >= 4 is 35.1 Å². The molecule has 154 valence electrons. The highest BCUT2D eigenvalue weighted by molar-refractivity contribution is 6.31. The quantitative estimate of drug-likeness (QED) is 0.453. The van der Waals surface area contributed by atoms with Crippen molar-refractivity contribution in [3.8, 4) is 0 Å². The molecule has 1 spiro atoms. The van der Waals surface area contributed by atoms with Crippen LogP contribution in [0.1, 0.15) is 23.3 Å². The second-order valence-corrected chi connectivity index (χ2v) is 7.81. The van der Waals surface area contributed by atoms with Crippen molar-refractivity contribution in [1.82, 2.24) is 30.8 Å². The second kappa shape index (κ2) is 7.88. The minimum Gasteiger partial charge on any atom is -0.387 e. The molecule has 1 aromatic rings. The van der Waals surface area contributed by atoms with Gasteiger partial charge in [0.15, 0.2) is 28.4 Å². The highest BCUT2D eigenvalue weighted by Crippen LogP contribution is 2.25. The SMILES string of the molecule is Nc1nc(N)c(C(=O)/N=C2\NCC3(CCN(CC4=CCNC=C4)CC3)N2)nc1Cl. The van der Waals surface area contributed by atoms with E-state index in [9.17, 15) is 4.79 Å². The molecule has 4 rings (SSSR count). The Morgan fingerprint density at radius 2 is 2.07 bits per heavy atom. The average Bonchev–Trinajstić information content (AvgIpc) is 3.09. The lowest BCUT2D eigenvalue weighted by Gasteiger charge is -2.39. The fourth-order valence-corrected chi connectivity index (χ4v) is 3.85. The topological polar surface area (TPSA) is 147 Å². The lowest BCUT2D eigenvalue weighted by molar-refractivity contribution is 0.0998. The number of dihydropyridines is 1. The number of anilines is 2. The van der Waals surface area contributed by atoms with Crippen molar-refractivity contribution in [2.24, 2.45) is 4.99 Å². The number of halogens is 1. The van der Waals surface area contributed by atoms with E-state index in [1.54, 1.807) is 0 Å². The lowest BCUT2D eigenvalue weighted by Crippen LogP contribution is -2.52. The Balaban J connectivity index is 1.36. The number of nitrogen functional groups attached to an aromatic ring is 2. The molecule has 1 amide bonds. The van der Waals surface area contributed by atoms with Gasteiger partial charge in [0.25, 0.3) is 0 Å². The van der Waals surface area contributed by atoms with Gasteiger partial charge in [-0.2, -0.15) is 4.99 Å². The molecule has 0 saturated carbocycles. The summed E-state index contributed by atoms with van der Waals surface area (Å²) in [4.78, 5) is 26.7. The minimum atomic E-state index is -0.619. The Kier molecular flexibility index (Phi) is 5.29. The number of likely N-dealkylation sites (tertiary alicyclic amines) is 1. The Morgan fingerprint density at radius 1 is 1.28 bits per heavy atom. The van der Waals surface area contributed by atoms with E-state index in [4.69, 9.17) is 23.1 Å². The molecule has 0 bridgehead atoms. The predicted octanol–water partition coefficient (Wildman–Crippen LogP) is -0.139. The van der Waals surface area contributed by atoms with Crippen LogP contribution < -0.4 is 27.4 Å². The lowest BCUT2D eigenvalue weighted by atomic mass is 9.88. The third-order valence-corrected chi connectivity index (χ3v) is 5.69. The van der Waals surface area contributed by atoms with Gasteiger partial charge in [-0.05, 0) is 30.7 Å². The van der Waals surface area contributed by atoms with Crippen molar-refractivity contribution in [2.45, 2.75) is 18.4 Å². The number of hydrogen-bond donors (Lipinski definition) is 5. The molecule has 3 aliphatic heterocycles. The van der Waals surface area contributed by atoms with Crippen LogP contribution in [0.5, 0.6) is 0 Å². The van der Waals surface area contributed by atoms with Crippen LogP contribution in [-0.2, 0) is 0 Å². The minimum absolute atomic E-state index is 0.0213. The molecule has 2 fully saturated rings. The zero-order valence-electron chi connectivity index (χ0n) is 15.9. The molecule has 0 aromatic carbocycles. The van der Waals surface area contributed by atoms with E-state index < -0.39 is 5.91 Å². The van der Waals surface area contributed by atoms with Crippen LogP contribution in [0.2, 0.25) is 5.15 Å². The maximum Gasteiger partial charge on any atom is 0.302 e. The molecular weight excluding hydrogens is 394 g/mol. The first-order valence-electron chi connectivity index (χ1n) is 9.49. The predicted molar refractivity (Wildman–Crippen MR) is 112 cm³/mol. The van der Waals surface area contributed by atoms with Crippen LogP contribution in [0.4, 0.5) is 11.6 Å². The van der Waals surface area contributed by atoms with E-state index in [1.807, 2.05) is 6.20 Å². The summed E-state index contributed by atoms with van der Waals surface area (Å²) >= 11 is 5.84. The Morgan fingerprint density at radius 3 is 2.79 bits per heavy atom. The third kappa shape index (κ3) is 4.28. The van der Waals surface area contributed by atoms with E-state index in [0.29, 0.717) is 12.5 Å². The van der Waals surface area contributed by atoms with Crippen LogP contribution in [0.15, 0.2) is 28.9 Å². The van der Waals surface area contributed by atoms with E-state index in [1.165, 1.54) is 5.57 Å². The molecule has 4 heterocycles. The monoisotopic (exact) mass is 417 g/mol. The Bertz CT molecular complexity index is 903. The molecule has 0 aliphatic carbocycles. The van der Waals surface area contributed by atoms with E-state index in [0.717, 1.165) is 39.0 Å². The fourth-order valence-electron chi connectivity index (χ4n) is 3.72. The van der Waals surface area contributed by atoms with Gasteiger partial charge in [-0.15, -0.1) is 0 Å². The molecular formula is C18H24ClN9O. The molecule has 3 aliphatic rings. The van der Waals surface area contributed by atoms with Gasteiger partial charge in [0.05, 0.1) is 5.54 Å². The molecule has 2 saturated heterocycles. The van der Waals surface area contributed by atoms with Gasteiger partial charge in [0, 0.05) is 32.7 Å². The van der Waals surface area contributed by atoms with E-state index in [-0.39, 0.29) is 28.0 Å². The number of amides is 1. The van der Waals surface area contributed by atoms with Crippen LogP contribution >= 0.6 is 11.6 Å². The smallest absolute Gasteiger partial charge is 0.302 e. The number of nitrogens with zero attached hydrogens (tertiary/aromatic N) is 4. The van der Waals surface area contributed by atoms with Gasteiger partial charge >= 0.3 is 5.91 Å². The summed E-state index contributed by atoms with van der Waals surface area (Å²) in [5.74, 6) is -0.317. The first-order valence-corrected chi connectivity index (χ1v) is 9.87. The number of nitrogens with one attached hydrogen (secondary N) is 3. The molecule has 0 radical (unpaired) electrons. The number of guanidine groups is 1. The van der Waals surface area contributed by atoms with E-state index in [2.05, 4.69) is 48.0 Å².